The molecule has 0 amide bonds. The summed E-state index contributed by atoms with van der Waals surface area (Å²) in [5, 5.41) is 0. The third kappa shape index (κ3) is 59.7. The van der Waals surface area contributed by atoms with E-state index in [0.717, 1.165) is 70.6 Å². The highest BCUT2D eigenvalue weighted by molar-refractivity contribution is 5.71. The molecule has 0 radical (unpaired) electrons. The first-order valence-electron chi connectivity index (χ1n) is 31.9. The maximum Gasteiger partial charge on any atom is 0.306 e. The number of esters is 3. The van der Waals surface area contributed by atoms with Crippen molar-refractivity contribution in [1.82, 2.24) is 0 Å². The minimum Gasteiger partial charge on any atom is -0.462 e. The number of hydrogen-bond acceptors (Lipinski definition) is 6. The molecule has 0 saturated heterocycles. The van der Waals surface area contributed by atoms with Gasteiger partial charge in [0.1, 0.15) is 13.2 Å². The van der Waals surface area contributed by atoms with Crippen LogP contribution in [-0.2, 0) is 28.6 Å². The van der Waals surface area contributed by atoms with E-state index in [1.807, 2.05) is 6.08 Å². The van der Waals surface area contributed by atoms with Crippen LogP contribution in [0.4, 0.5) is 0 Å². The Morgan fingerprint density at radius 2 is 0.554 bits per heavy atom. The minimum absolute atomic E-state index is 0.0939. The van der Waals surface area contributed by atoms with Crippen LogP contribution >= 0.6 is 0 Å². The van der Waals surface area contributed by atoms with Crippen molar-refractivity contribution < 1.29 is 28.6 Å². The van der Waals surface area contributed by atoms with Gasteiger partial charge in [0.05, 0.1) is 0 Å². The van der Waals surface area contributed by atoms with Crippen LogP contribution in [0.1, 0.15) is 323 Å². The highest BCUT2D eigenvalue weighted by atomic mass is 16.6. The van der Waals surface area contributed by atoms with Gasteiger partial charge in [0.2, 0.25) is 0 Å². The molecule has 1 atom stereocenters. The first kappa shape index (κ1) is 70.8. The molecule has 0 spiro atoms. The summed E-state index contributed by atoms with van der Waals surface area (Å²) < 4.78 is 16.8. The van der Waals surface area contributed by atoms with Crippen molar-refractivity contribution in [2.24, 2.45) is 0 Å². The van der Waals surface area contributed by atoms with E-state index in [0.29, 0.717) is 19.3 Å². The summed E-state index contributed by atoms with van der Waals surface area (Å²) in [5.74, 6) is -0.964. The monoisotopic (exact) mass is 1030 g/mol. The zero-order valence-corrected chi connectivity index (χ0v) is 49.1. The van der Waals surface area contributed by atoms with Gasteiger partial charge < -0.3 is 14.2 Å². The van der Waals surface area contributed by atoms with Crippen molar-refractivity contribution in [3.05, 3.63) is 72.9 Å². The molecular weight excluding hydrogens is 913 g/mol. The molecular formula is C68H120O6. The molecule has 0 aliphatic heterocycles. The Morgan fingerprint density at radius 1 is 0.284 bits per heavy atom. The van der Waals surface area contributed by atoms with E-state index in [1.54, 1.807) is 0 Å². The summed E-state index contributed by atoms with van der Waals surface area (Å²) >= 11 is 0. The Hall–Kier alpha value is -3.15. The van der Waals surface area contributed by atoms with E-state index in [9.17, 15) is 14.4 Å². The molecule has 0 N–H and O–H groups in total. The average molecular weight is 1030 g/mol. The lowest BCUT2D eigenvalue weighted by atomic mass is 10.0. The van der Waals surface area contributed by atoms with Crippen molar-refractivity contribution in [3.8, 4) is 0 Å². The fourth-order valence-electron chi connectivity index (χ4n) is 9.20. The molecule has 0 aromatic rings. The summed E-state index contributed by atoms with van der Waals surface area (Å²) in [7, 11) is 0. The summed E-state index contributed by atoms with van der Waals surface area (Å²) in [4.78, 5) is 38.2. The molecule has 0 aromatic carbocycles. The van der Waals surface area contributed by atoms with Crippen molar-refractivity contribution in [2.45, 2.75) is 329 Å². The van der Waals surface area contributed by atoms with Crippen LogP contribution in [0.25, 0.3) is 0 Å². The number of ether oxygens (including phenoxy) is 3. The maximum absolute atomic E-state index is 12.9. The Kier molecular flexibility index (Phi) is 59.7. The highest BCUT2D eigenvalue weighted by Crippen LogP contribution is 2.17. The van der Waals surface area contributed by atoms with Crippen LogP contribution < -0.4 is 0 Å². The molecule has 1 unspecified atom stereocenters. The van der Waals surface area contributed by atoms with Gasteiger partial charge in [-0.3, -0.25) is 14.4 Å². The predicted octanol–water partition coefficient (Wildman–Crippen LogP) is 21.7. The standard InChI is InChI=1S/C68H120O6/c1-4-7-10-13-16-19-22-25-27-29-30-31-32-33-34-35-36-37-38-39-41-43-46-49-52-55-58-61-67(70)73-64-65(63-72-66(69)60-57-54-51-48-45-42-24-21-18-15-12-9-6-3)74-68(71)62-59-56-53-50-47-44-40-28-26-23-20-17-14-11-8-5-2/h9,12,18,21-22,25,29-30,42,45,51,54,65H,4-8,10-11,13-17,19-20,23-24,26-28,31-41,43-44,46-50,52-53,55-64H2,1-3H3/b12-9-,21-18-,25-22-,30-29-,45-42-,54-51-. The lowest BCUT2D eigenvalue weighted by Gasteiger charge is -2.18. The Bertz CT molecular complexity index is 1370. The van der Waals surface area contributed by atoms with Crippen molar-refractivity contribution >= 4 is 17.9 Å². The Balaban J connectivity index is 4.26. The normalized spacial score (nSPS) is 12.5. The Morgan fingerprint density at radius 3 is 0.905 bits per heavy atom. The first-order chi connectivity index (χ1) is 36.5. The van der Waals surface area contributed by atoms with Crippen LogP contribution in [0.3, 0.4) is 0 Å². The van der Waals surface area contributed by atoms with Crippen LogP contribution in [0, 0.1) is 0 Å². The lowest BCUT2D eigenvalue weighted by molar-refractivity contribution is -0.166. The SMILES string of the molecule is CC/C=C\C/C=C\C/C=C\C/C=C\CCC(=O)OCC(COC(=O)CCCCCCCCCCCCCCCCC/C=C\C/C=C\CCCCCCC)OC(=O)CCCCCCCCCCCCCCCCCC. The van der Waals surface area contributed by atoms with Gasteiger partial charge >= 0.3 is 17.9 Å². The number of rotatable bonds is 58. The quantitative estimate of drug-likeness (QED) is 0.0261. The second kappa shape index (κ2) is 62.4. The number of unbranched alkanes of at least 4 members (excludes halogenated alkanes) is 35. The second-order valence-electron chi connectivity index (χ2n) is 21.3. The first-order valence-corrected chi connectivity index (χ1v) is 31.9. The van der Waals surface area contributed by atoms with Gasteiger partial charge in [-0.1, -0.05) is 299 Å². The molecule has 0 heterocycles. The number of carbonyl (C=O) groups excluding carboxylic acids is 3. The molecule has 6 heteroatoms. The zero-order chi connectivity index (χ0) is 53.6. The van der Waals surface area contributed by atoms with Gasteiger partial charge in [0.25, 0.3) is 0 Å². The smallest absolute Gasteiger partial charge is 0.306 e. The zero-order valence-electron chi connectivity index (χ0n) is 49.1. The number of carbonyl (C=O) groups is 3. The van der Waals surface area contributed by atoms with E-state index >= 15 is 0 Å². The van der Waals surface area contributed by atoms with Crippen molar-refractivity contribution in [1.29, 1.82) is 0 Å². The molecule has 6 nitrogen and oxygen atoms in total. The molecule has 0 aliphatic carbocycles. The van der Waals surface area contributed by atoms with E-state index < -0.39 is 6.10 Å². The molecule has 0 fully saturated rings. The van der Waals surface area contributed by atoms with Crippen LogP contribution in [0.5, 0.6) is 0 Å². The van der Waals surface area contributed by atoms with Crippen LogP contribution in [-0.4, -0.2) is 37.2 Å². The summed E-state index contributed by atoms with van der Waals surface area (Å²) in [6.45, 7) is 6.49. The van der Waals surface area contributed by atoms with Gasteiger partial charge in [-0.2, -0.15) is 0 Å². The third-order valence-electron chi connectivity index (χ3n) is 14.0. The molecule has 0 rings (SSSR count). The van der Waals surface area contributed by atoms with E-state index in [4.69, 9.17) is 14.2 Å². The topological polar surface area (TPSA) is 78.9 Å². The maximum atomic E-state index is 12.9. The molecule has 0 aromatic heterocycles. The van der Waals surface area contributed by atoms with E-state index in [2.05, 4.69) is 87.6 Å². The summed E-state index contributed by atoms with van der Waals surface area (Å²) in [6.07, 6.45) is 80.8. The largest absolute Gasteiger partial charge is 0.462 e. The fraction of sp³-hybridized carbons (Fsp3) is 0.779. The highest BCUT2D eigenvalue weighted by Gasteiger charge is 2.19. The lowest BCUT2D eigenvalue weighted by Crippen LogP contribution is -2.30. The van der Waals surface area contributed by atoms with Crippen molar-refractivity contribution in [3.63, 3.8) is 0 Å². The van der Waals surface area contributed by atoms with Crippen LogP contribution in [0.15, 0.2) is 72.9 Å². The van der Waals surface area contributed by atoms with E-state index in [-0.39, 0.29) is 37.5 Å². The summed E-state index contributed by atoms with van der Waals surface area (Å²) in [6, 6.07) is 0. The number of hydrogen-bond donors (Lipinski definition) is 0. The molecule has 0 bridgehead atoms. The summed E-state index contributed by atoms with van der Waals surface area (Å²) in [5.41, 5.74) is 0. The molecule has 0 saturated carbocycles. The molecule has 428 valence electrons. The van der Waals surface area contributed by atoms with Gasteiger partial charge in [-0.15, -0.1) is 0 Å². The fourth-order valence-corrected chi connectivity index (χ4v) is 9.20. The second-order valence-corrected chi connectivity index (χ2v) is 21.3. The molecule has 0 aliphatic rings. The third-order valence-corrected chi connectivity index (χ3v) is 14.0. The minimum atomic E-state index is -0.802. The number of allylic oxidation sites excluding steroid dienone is 12. The van der Waals surface area contributed by atoms with Gasteiger partial charge in [-0.25, -0.2) is 0 Å². The average Bonchev–Trinajstić information content (AvgIpc) is 3.40. The van der Waals surface area contributed by atoms with Gasteiger partial charge in [-0.05, 0) is 77.0 Å². The van der Waals surface area contributed by atoms with Gasteiger partial charge in [0.15, 0.2) is 6.10 Å². The predicted molar refractivity (Wildman–Crippen MR) is 321 cm³/mol. The molecule has 74 heavy (non-hydrogen) atoms. The van der Waals surface area contributed by atoms with Crippen LogP contribution in [0.2, 0.25) is 0 Å². The van der Waals surface area contributed by atoms with Crippen molar-refractivity contribution in [2.75, 3.05) is 13.2 Å². The van der Waals surface area contributed by atoms with E-state index in [1.165, 1.54) is 205 Å². The Labute approximate surface area is 459 Å². The van der Waals surface area contributed by atoms with Gasteiger partial charge in [0, 0.05) is 19.3 Å².